The molecule has 0 heterocycles. The Bertz CT molecular complexity index is 130. The molecular weight excluding hydrogens is 128 g/mol. The molecule has 0 saturated heterocycles. The van der Waals surface area contributed by atoms with E-state index in [1.165, 1.54) is 0 Å². The average Bonchev–Trinajstić information content (AvgIpc) is 1.77. The normalized spacial score (nSPS) is 31.0. The van der Waals surface area contributed by atoms with Crippen molar-refractivity contribution in [3.8, 4) is 0 Å². The fraction of sp³-hybridized carbons (Fsp3) is 0.857. The Kier molecular flexibility index (Phi) is 2.27. The molecular formula is C7H14N2O. The summed E-state index contributed by atoms with van der Waals surface area (Å²) in [5, 5.41) is 2.77. The molecule has 0 aromatic heterocycles. The van der Waals surface area contributed by atoms with Crippen LogP contribution in [0.4, 0.5) is 0 Å². The second-order valence-corrected chi connectivity index (χ2v) is 3.03. The molecule has 0 aromatic carbocycles. The topological polar surface area (TPSA) is 55.1 Å². The molecule has 0 atom stereocenters. The molecule has 1 aliphatic carbocycles. The molecule has 0 spiro atoms. The molecule has 3 heteroatoms. The number of rotatable bonds is 2. The number of nitrogens with one attached hydrogen (secondary N) is 1. The minimum atomic E-state index is 0.0560. The molecule has 1 aliphatic rings. The van der Waals surface area contributed by atoms with Gasteiger partial charge in [-0.25, -0.2) is 0 Å². The number of carbonyl (C=O) groups excluding carboxylic acids is 1. The van der Waals surface area contributed by atoms with Crippen LogP contribution in [0.3, 0.4) is 0 Å². The first kappa shape index (κ1) is 7.54. The average molecular weight is 142 g/mol. The van der Waals surface area contributed by atoms with Crippen molar-refractivity contribution in [3.63, 3.8) is 0 Å². The molecule has 3 nitrogen and oxygen atoms in total. The highest BCUT2D eigenvalue weighted by molar-refractivity contribution is 5.72. The minimum absolute atomic E-state index is 0.0560. The van der Waals surface area contributed by atoms with E-state index in [9.17, 15) is 4.79 Å². The molecule has 1 rings (SSSR count). The SMILES string of the molecule is CC(=O)NCC1CC(N)C1. The van der Waals surface area contributed by atoms with Crippen LogP contribution in [-0.4, -0.2) is 18.5 Å². The van der Waals surface area contributed by atoms with E-state index < -0.39 is 0 Å². The Balaban J connectivity index is 2.00. The van der Waals surface area contributed by atoms with Gasteiger partial charge in [-0.15, -0.1) is 0 Å². The van der Waals surface area contributed by atoms with Gasteiger partial charge in [0.1, 0.15) is 0 Å². The fourth-order valence-corrected chi connectivity index (χ4v) is 1.24. The van der Waals surface area contributed by atoms with Crippen LogP contribution in [-0.2, 0) is 4.79 Å². The van der Waals surface area contributed by atoms with Crippen LogP contribution in [0.2, 0.25) is 0 Å². The van der Waals surface area contributed by atoms with Crippen LogP contribution in [0, 0.1) is 5.92 Å². The second kappa shape index (κ2) is 3.01. The maximum Gasteiger partial charge on any atom is 0.216 e. The van der Waals surface area contributed by atoms with Gasteiger partial charge < -0.3 is 11.1 Å². The molecule has 0 aromatic rings. The van der Waals surface area contributed by atoms with Crippen molar-refractivity contribution < 1.29 is 4.79 Å². The maximum atomic E-state index is 10.4. The van der Waals surface area contributed by atoms with Gasteiger partial charge in [-0.2, -0.15) is 0 Å². The van der Waals surface area contributed by atoms with Crippen LogP contribution < -0.4 is 11.1 Å². The summed E-state index contributed by atoms with van der Waals surface area (Å²) in [4.78, 5) is 10.4. The van der Waals surface area contributed by atoms with Crippen LogP contribution >= 0.6 is 0 Å². The van der Waals surface area contributed by atoms with Crippen LogP contribution in [0.15, 0.2) is 0 Å². The van der Waals surface area contributed by atoms with Gasteiger partial charge in [-0.05, 0) is 18.8 Å². The lowest BCUT2D eigenvalue weighted by molar-refractivity contribution is -0.119. The summed E-state index contributed by atoms with van der Waals surface area (Å²) < 4.78 is 0. The van der Waals surface area contributed by atoms with Crippen molar-refractivity contribution in [1.29, 1.82) is 0 Å². The van der Waals surface area contributed by atoms with Gasteiger partial charge in [0.05, 0.1) is 0 Å². The van der Waals surface area contributed by atoms with E-state index in [1.807, 2.05) is 0 Å². The van der Waals surface area contributed by atoms with Crippen molar-refractivity contribution in [2.75, 3.05) is 6.54 Å². The van der Waals surface area contributed by atoms with E-state index >= 15 is 0 Å². The molecule has 10 heavy (non-hydrogen) atoms. The van der Waals surface area contributed by atoms with Gasteiger partial charge in [-0.1, -0.05) is 0 Å². The number of nitrogens with two attached hydrogens (primary N) is 1. The standard InChI is InChI=1S/C7H14N2O/c1-5(10)9-4-6-2-7(8)3-6/h6-7H,2-4,8H2,1H3,(H,9,10). The van der Waals surface area contributed by atoms with E-state index in [2.05, 4.69) is 5.32 Å². The first-order valence-corrected chi connectivity index (χ1v) is 3.68. The van der Waals surface area contributed by atoms with E-state index in [-0.39, 0.29) is 5.91 Å². The summed E-state index contributed by atoms with van der Waals surface area (Å²) in [6, 6.07) is 0.388. The number of carbonyl (C=O) groups is 1. The summed E-state index contributed by atoms with van der Waals surface area (Å²) in [6.45, 7) is 2.35. The van der Waals surface area contributed by atoms with Gasteiger partial charge in [0.2, 0.25) is 5.91 Å². The highest BCUT2D eigenvalue weighted by Gasteiger charge is 2.25. The lowest BCUT2D eigenvalue weighted by Crippen LogP contribution is -2.42. The maximum absolute atomic E-state index is 10.4. The Morgan fingerprint density at radius 2 is 2.30 bits per heavy atom. The zero-order valence-electron chi connectivity index (χ0n) is 6.26. The first-order valence-electron chi connectivity index (χ1n) is 3.68. The molecule has 1 amide bonds. The third kappa shape index (κ3) is 1.99. The van der Waals surface area contributed by atoms with Crippen molar-refractivity contribution in [2.45, 2.75) is 25.8 Å². The van der Waals surface area contributed by atoms with Crippen molar-refractivity contribution >= 4 is 5.91 Å². The van der Waals surface area contributed by atoms with Gasteiger partial charge in [-0.3, -0.25) is 4.79 Å². The predicted octanol–water partition coefficient (Wildman–Crippen LogP) is -0.140. The third-order valence-corrected chi connectivity index (χ3v) is 1.91. The Morgan fingerprint density at radius 3 is 2.70 bits per heavy atom. The molecule has 0 unspecified atom stereocenters. The monoisotopic (exact) mass is 142 g/mol. The second-order valence-electron chi connectivity index (χ2n) is 3.03. The van der Waals surface area contributed by atoms with Gasteiger partial charge >= 0.3 is 0 Å². The van der Waals surface area contributed by atoms with Crippen LogP contribution in [0.1, 0.15) is 19.8 Å². The summed E-state index contributed by atoms with van der Waals surface area (Å²) in [7, 11) is 0. The number of hydrogen-bond acceptors (Lipinski definition) is 2. The fourth-order valence-electron chi connectivity index (χ4n) is 1.24. The molecule has 0 bridgehead atoms. The predicted molar refractivity (Wildman–Crippen MR) is 39.4 cm³/mol. The quantitative estimate of drug-likeness (QED) is 0.564. The van der Waals surface area contributed by atoms with Crippen molar-refractivity contribution in [2.24, 2.45) is 11.7 Å². The highest BCUT2D eigenvalue weighted by atomic mass is 16.1. The van der Waals surface area contributed by atoms with Crippen LogP contribution in [0.25, 0.3) is 0 Å². The van der Waals surface area contributed by atoms with Gasteiger partial charge in [0.25, 0.3) is 0 Å². The summed E-state index contributed by atoms with van der Waals surface area (Å²) >= 11 is 0. The summed E-state index contributed by atoms with van der Waals surface area (Å²) in [6.07, 6.45) is 2.14. The molecule has 1 saturated carbocycles. The van der Waals surface area contributed by atoms with E-state index in [0.29, 0.717) is 12.0 Å². The number of amides is 1. The van der Waals surface area contributed by atoms with Gasteiger partial charge in [0.15, 0.2) is 0 Å². The zero-order chi connectivity index (χ0) is 7.56. The minimum Gasteiger partial charge on any atom is -0.356 e. The molecule has 0 radical (unpaired) electrons. The van der Waals surface area contributed by atoms with E-state index in [1.54, 1.807) is 6.92 Å². The van der Waals surface area contributed by atoms with E-state index in [0.717, 1.165) is 19.4 Å². The lowest BCUT2D eigenvalue weighted by Gasteiger charge is -2.32. The van der Waals surface area contributed by atoms with Crippen molar-refractivity contribution in [3.05, 3.63) is 0 Å². The number of hydrogen-bond donors (Lipinski definition) is 2. The van der Waals surface area contributed by atoms with E-state index in [4.69, 9.17) is 5.73 Å². The van der Waals surface area contributed by atoms with Crippen LogP contribution in [0.5, 0.6) is 0 Å². The lowest BCUT2D eigenvalue weighted by atomic mass is 9.81. The molecule has 3 N–H and O–H groups in total. The molecule has 58 valence electrons. The Morgan fingerprint density at radius 1 is 1.70 bits per heavy atom. The van der Waals surface area contributed by atoms with Gasteiger partial charge in [0, 0.05) is 19.5 Å². The summed E-state index contributed by atoms with van der Waals surface area (Å²) in [5.41, 5.74) is 5.56. The first-order chi connectivity index (χ1) is 4.68. The molecule has 1 fully saturated rings. The third-order valence-electron chi connectivity index (χ3n) is 1.91. The largest absolute Gasteiger partial charge is 0.356 e. The Labute approximate surface area is 61.0 Å². The highest BCUT2D eigenvalue weighted by Crippen LogP contribution is 2.24. The van der Waals surface area contributed by atoms with Crippen molar-refractivity contribution in [1.82, 2.24) is 5.32 Å². The zero-order valence-corrected chi connectivity index (χ0v) is 6.26. The molecule has 0 aliphatic heterocycles. The summed E-state index contributed by atoms with van der Waals surface area (Å²) in [5.74, 6) is 0.694. The smallest absolute Gasteiger partial charge is 0.216 e. The Hall–Kier alpha value is -0.570.